The number of pyridine rings is 1. The van der Waals surface area contributed by atoms with Crippen LogP contribution in [0.2, 0.25) is 10.0 Å². The lowest BCUT2D eigenvalue weighted by atomic mass is 10.0. The number of thiol groups is 1. The zero-order chi connectivity index (χ0) is 23.1. The molecule has 0 radical (unpaired) electrons. The first-order chi connectivity index (χ1) is 15.9. The number of carbonyl (C=O) groups excluding carboxylic acids is 2. The fourth-order valence-corrected chi connectivity index (χ4v) is 6.05. The summed E-state index contributed by atoms with van der Waals surface area (Å²) >= 11 is 17.5. The zero-order valence-corrected chi connectivity index (χ0v) is 20.4. The molecule has 2 unspecified atom stereocenters. The number of anilines is 1. The number of piperidine rings is 1. The number of halogens is 2. The Morgan fingerprint density at radius 2 is 1.82 bits per heavy atom. The third kappa shape index (κ3) is 4.59. The third-order valence-corrected chi connectivity index (χ3v) is 7.82. The van der Waals surface area contributed by atoms with E-state index in [1.807, 2.05) is 0 Å². The van der Waals surface area contributed by atoms with Crippen LogP contribution < -0.4 is 10.2 Å². The molecule has 1 aromatic heterocycles. The fourth-order valence-electron chi connectivity index (χ4n) is 4.96. The Morgan fingerprint density at radius 3 is 2.52 bits per heavy atom. The van der Waals surface area contributed by atoms with Gasteiger partial charge >= 0.3 is 0 Å². The van der Waals surface area contributed by atoms with Crippen LogP contribution in [-0.2, 0) is 22.7 Å². The molecule has 2 atom stereocenters. The summed E-state index contributed by atoms with van der Waals surface area (Å²) in [4.78, 5) is 34.6. The Kier molecular flexibility index (Phi) is 6.55. The fraction of sp³-hybridized carbons (Fsp3) is 0.435. The highest BCUT2D eigenvalue weighted by atomic mass is 35.5. The second kappa shape index (κ2) is 9.43. The van der Waals surface area contributed by atoms with E-state index in [2.05, 4.69) is 43.2 Å². The summed E-state index contributed by atoms with van der Waals surface area (Å²) in [6.07, 6.45) is 4.17. The lowest BCUT2D eigenvalue weighted by Crippen LogP contribution is -2.51. The summed E-state index contributed by atoms with van der Waals surface area (Å²) in [7, 11) is 0. The van der Waals surface area contributed by atoms with E-state index < -0.39 is 0 Å². The third-order valence-electron chi connectivity index (χ3n) is 6.69. The average Bonchev–Trinajstić information content (AvgIpc) is 3.11. The van der Waals surface area contributed by atoms with Gasteiger partial charge in [0.2, 0.25) is 11.8 Å². The molecule has 2 saturated heterocycles. The van der Waals surface area contributed by atoms with Gasteiger partial charge in [-0.05, 0) is 23.1 Å². The molecule has 0 saturated carbocycles. The number of carbonyl (C=O) groups is 2. The topological polar surface area (TPSA) is 68.8 Å². The summed E-state index contributed by atoms with van der Waals surface area (Å²) in [6, 6.07) is 6.20. The first-order valence-corrected chi connectivity index (χ1v) is 12.3. The van der Waals surface area contributed by atoms with Gasteiger partial charge in [-0.15, -0.1) is 0 Å². The van der Waals surface area contributed by atoms with Crippen LogP contribution in [0.25, 0.3) is 0 Å². The standard InChI is InChI=1S/C23H25Cl2N5O2S/c24-17-10-26-11-18(25)21(17)29-7-5-28(6-8-29)12-14-1-2-15-13-30(23(33)16(15)9-14)19-3-4-20(31)27-22(19)32/h1-2,9-11,19,23,33H,3-8,12-13H2,(H,27,31,32). The van der Waals surface area contributed by atoms with Crippen molar-refractivity contribution in [1.82, 2.24) is 20.1 Å². The SMILES string of the molecule is O=C1CCC(N2Cc3ccc(CN4CCN(c5c(Cl)cncc5Cl)CC4)cc3C2S)C(=O)N1. The molecule has 33 heavy (non-hydrogen) atoms. The number of hydrogen-bond donors (Lipinski definition) is 2. The molecule has 4 heterocycles. The van der Waals surface area contributed by atoms with Crippen LogP contribution >= 0.6 is 35.8 Å². The van der Waals surface area contributed by atoms with Crippen molar-refractivity contribution in [2.24, 2.45) is 0 Å². The molecule has 3 aliphatic rings. The highest BCUT2D eigenvalue weighted by Gasteiger charge is 2.39. The molecule has 2 aromatic rings. The van der Waals surface area contributed by atoms with Crippen molar-refractivity contribution in [3.63, 3.8) is 0 Å². The van der Waals surface area contributed by atoms with Gasteiger partial charge in [-0.1, -0.05) is 41.4 Å². The van der Waals surface area contributed by atoms with Gasteiger partial charge in [0.05, 0.1) is 27.1 Å². The number of rotatable bonds is 4. The summed E-state index contributed by atoms with van der Waals surface area (Å²) in [5.41, 5.74) is 4.42. The molecule has 1 aromatic carbocycles. The molecule has 10 heteroatoms. The predicted octanol–water partition coefficient (Wildman–Crippen LogP) is 3.26. The quantitative estimate of drug-likeness (QED) is 0.490. The minimum Gasteiger partial charge on any atom is -0.366 e. The van der Waals surface area contributed by atoms with Crippen LogP contribution in [-0.4, -0.2) is 58.8 Å². The Labute approximate surface area is 208 Å². The van der Waals surface area contributed by atoms with Crippen molar-refractivity contribution in [2.45, 2.75) is 37.3 Å². The molecular weight excluding hydrogens is 481 g/mol. The van der Waals surface area contributed by atoms with Gasteiger partial charge < -0.3 is 4.90 Å². The van der Waals surface area contributed by atoms with Crippen LogP contribution in [0, 0.1) is 0 Å². The number of benzene rings is 1. The predicted molar refractivity (Wildman–Crippen MR) is 132 cm³/mol. The Bertz CT molecular complexity index is 1070. The van der Waals surface area contributed by atoms with Crippen molar-refractivity contribution in [2.75, 3.05) is 31.1 Å². The second-order valence-electron chi connectivity index (χ2n) is 8.76. The number of nitrogens with zero attached hydrogens (tertiary/aromatic N) is 4. The molecule has 5 rings (SSSR count). The van der Waals surface area contributed by atoms with Crippen LogP contribution in [0.15, 0.2) is 30.6 Å². The Morgan fingerprint density at radius 1 is 1.09 bits per heavy atom. The van der Waals surface area contributed by atoms with Gasteiger partial charge in [-0.3, -0.25) is 29.7 Å². The minimum absolute atomic E-state index is 0.156. The van der Waals surface area contributed by atoms with Crippen LogP contribution in [0.1, 0.15) is 34.9 Å². The summed E-state index contributed by atoms with van der Waals surface area (Å²) in [6.45, 7) is 5.00. The molecule has 0 aliphatic carbocycles. The van der Waals surface area contributed by atoms with E-state index in [4.69, 9.17) is 35.8 Å². The molecule has 2 amide bonds. The number of hydrogen-bond acceptors (Lipinski definition) is 7. The first kappa shape index (κ1) is 22.9. The van der Waals surface area contributed by atoms with E-state index in [-0.39, 0.29) is 23.2 Å². The van der Waals surface area contributed by atoms with Crippen molar-refractivity contribution < 1.29 is 9.59 Å². The van der Waals surface area contributed by atoms with Gasteiger partial charge in [-0.25, -0.2) is 0 Å². The van der Waals surface area contributed by atoms with Gasteiger partial charge in [0.15, 0.2) is 0 Å². The van der Waals surface area contributed by atoms with Crippen molar-refractivity contribution in [3.05, 3.63) is 57.3 Å². The lowest BCUT2D eigenvalue weighted by molar-refractivity contribution is -0.137. The van der Waals surface area contributed by atoms with Crippen molar-refractivity contribution in [3.8, 4) is 0 Å². The van der Waals surface area contributed by atoms with E-state index in [1.54, 1.807) is 12.4 Å². The Balaban J connectivity index is 1.22. The van der Waals surface area contributed by atoms with Crippen molar-refractivity contribution in [1.29, 1.82) is 0 Å². The van der Waals surface area contributed by atoms with Gasteiger partial charge in [-0.2, -0.15) is 12.6 Å². The van der Waals surface area contributed by atoms with E-state index in [0.29, 0.717) is 29.4 Å². The van der Waals surface area contributed by atoms with E-state index in [0.717, 1.165) is 44.0 Å². The number of nitrogens with one attached hydrogen (secondary N) is 1. The highest BCUT2D eigenvalue weighted by molar-refractivity contribution is 7.80. The molecular formula is C23H25Cl2N5O2S. The summed E-state index contributed by atoms with van der Waals surface area (Å²) in [5.74, 6) is -0.412. The van der Waals surface area contributed by atoms with Crippen molar-refractivity contribution >= 4 is 53.3 Å². The van der Waals surface area contributed by atoms with E-state index >= 15 is 0 Å². The van der Waals surface area contributed by atoms with Crippen LogP contribution in [0.5, 0.6) is 0 Å². The van der Waals surface area contributed by atoms with Crippen LogP contribution in [0.3, 0.4) is 0 Å². The number of fused-ring (bicyclic) bond motifs is 1. The van der Waals surface area contributed by atoms with E-state index in [1.165, 1.54) is 11.1 Å². The number of piperazine rings is 1. The minimum atomic E-state index is -0.319. The maximum atomic E-state index is 12.4. The zero-order valence-electron chi connectivity index (χ0n) is 18.0. The summed E-state index contributed by atoms with van der Waals surface area (Å²) in [5, 5.41) is 3.46. The largest absolute Gasteiger partial charge is 0.366 e. The molecule has 0 bridgehead atoms. The second-order valence-corrected chi connectivity index (χ2v) is 10.1. The maximum absolute atomic E-state index is 12.4. The summed E-state index contributed by atoms with van der Waals surface area (Å²) < 4.78 is 0. The average molecular weight is 506 g/mol. The van der Waals surface area contributed by atoms with E-state index in [9.17, 15) is 9.59 Å². The highest BCUT2D eigenvalue weighted by Crippen LogP contribution is 2.40. The van der Waals surface area contributed by atoms with Gasteiger partial charge in [0.25, 0.3) is 0 Å². The monoisotopic (exact) mass is 505 g/mol. The molecule has 1 N–H and O–H groups in total. The molecule has 7 nitrogen and oxygen atoms in total. The van der Waals surface area contributed by atoms with Gasteiger partial charge in [0, 0.05) is 58.1 Å². The number of aromatic nitrogens is 1. The normalized spacial score (nSPS) is 24.2. The van der Waals surface area contributed by atoms with Gasteiger partial charge in [0.1, 0.15) is 0 Å². The smallest absolute Gasteiger partial charge is 0.243 e. The number of imide groups is 1. The first-order valence-electron chi connectivity index (χ1n) is 11.1. The van der Waals surface area contributed by atoms with Crippen LogP contribution in [0.4, 0.5) is 5.69 Å². The maximum Gasteiger partial charge on any atom is 0.243 e. The molecule has 174 valence electrons. The molecule has 0 spiro atoms. The molecule has 2 fully saturated rings. The number of amides is 2. The lowest BCUT2D eigenvalue weighted by Gasteiger charge is -2.36. The molecule has 3 aliphatic heterocycles. The Hall–Kier alpha value is -1.84.